The summed E-state index contributed by atoms with van der Waals surface area (Å²) in [6.45, 7) is 15.1. The van der Waals surface area contributed by atoms with E-state index in [1.807, 2.05) is 0 Å². The van der Waals surface area contributed by atoms with Crippen LogP contribution in [0.2, 0.25) is 0 Å². The van der Waals surface area contributed by atoms with Crippen LogP contribution in [0.15, 0.2) is 18.2 Å². The minimum atomic E-state index is -0.405. The van der Waals surface area contributed by atoms with Crippen molar-refractivity contribution in [1.82, 2.24) is 4.90 Å². The van der Waals surface area contributed by atoms with Crippen molar-refractivity contribution in [3.05, 3.63) is 23.8 Å². The molecule has 5 nitrogen and oxygen atoms in total. The van der Waals surface area contributed by atoms with Gasteiger partial charge in [-0.2, -0.15) is 0 Å². The van der Waals surface area contributed by atoms with Gasteiger partial charge in [-0.3, -0.25) is 4.79 Å². The largest absolute Gasteiger partial charge is 0.494 e. The van der Waals surface area contributed by atoms with Crippen molar-refractivity contribution in [1.29, 1.82) is 0 Å². The number of fused-ring (bicyclic) bond motifs is 1. The number of carbonyl (C=O) groups excluding carboxylic acids is 1. The second-order valence-corrected chi connectivity index (χ2v) is 11.7. The first-order valence-corrected chi connectivity index (χ1v) is 13.2. The van der Waals surface area contributed by atoms with Gasteiger partial charge in [0.1, 0.15) is 0 Å². The van der Waals surface area contributed by atoms with Gasteiger partial charge in [0.25, 0.3) is 0 Å². The molecule has 33 heavy (non-hydrogen) atoms. The molecule has 180 valence electrons. The van der Waals surface area contributed by atoms with Gasteiger partial charge in [-0.25, -0.2) is 0 Å². The summed E-state index contributed by atoms with van der Waals surface area (Å²) in [6, 6.07) is 7.43. The smallest absolute Gasteiger partial charge is 0.399 e. The normalized spacial score (nSPS) is 30.4. The molecule has 0 N–H and O–H groups in total. The molecule has 1 aliphatic carbocycles. The molecule has 0 bridgehead atoms. The van der Waals surface area contributed by atoms with Gasteiger partial charge >= 0.3 is 7.12 Å². The fraction of sp³-hybridized carbons (Fsp3) is 0.741. The van der Waals surface area contributed by atoms with Crippen molar-refractivity contribution in [3.63, 3.8) is 0 Å². The Balaban J connectivity index is 1.44. The van der Waals surface area contributed by atoms with Crippen LogP contribution in [0, 0.1) is 0 Å². The Morgan fingerprint density at radius 1 is 0.939 bits per heavy atom. The molecule has 3 heterocycles. The topological polar surface area (TPSA) is 42.0 Å². The molecule has 1 saturated carbocycles. The van der Waals surface area contributed by atoms with Crippen molar-refractivity contribution >= 4 is 24.2 Å². The van der Waals surface area contributed by atoms with Crippen LogP contribution in [-0.2, 0) is 19.5 Å². The highest BCUT2D eigenvalue weighted by Crippen LogP contribution is 2.49. The van der Waals surface area contributed by atoms with E-state index in [0.29, 0.717) is 18.0 Å². The molecule has 6 heteroatoms. The molecule has 3 fully saturated rings. The molecule has 3 aliphatic heterocycles. The molecule has 1 amide bonds. The number of hydrogen-bond acceptors (Lipinski definition) is 4. The number of likely N-dealkylation sites (tertiary alicyclic amines) is 1. The zero-order valence-electron chi connectivity index (χ0n) is 21.4. The zero-order chi connectivity index (χ0) is 23.6. The standard InChI is InChI=1S/C27H41BN2O3/c1-7-27(8-2)22-13-12-19(28-32-25(3,4)26(5,6)33-28)16-23(22)30(24(27)31)21-17-20(18-21)29-14-10-9-11-15-29/h12-13,16,20-21H,7-11,14-15,17-18H2,1-6H3. The van der Waals surface area contributed by atoms with Crippen molar-refractivity contribution in [3.8, 4) is 0 Å². The molecular weight excluding hydrogens is 411 g/mol. The summed E-state index contributed by atoms with van der Waals surface area (Å²) in [6.07, 6.45) is 7.86. The van der Waals surface area contributed by atoms with Crippen LogP contribution in [0.3, 0.4) is 0 Å². The van der Waals surface area contributed by atoms with E-state index < -0.39 is 12.5 Å². The predicted molar refractivity (Wildman–Crippen MR) is 134 cm³/mol. The lowest BCUT2D eigenvalue weighted by Crippen LogP contribution is -2.57. The summed E-state index contributed by atoms with van der Waals surface area (Å²) in [4.78, 5) is 18.8. The van der Waals surface area contributed by atoms with Crippen molar-refractivity contribution < 1.29 is 14.1 Å². The number of rotatable bonds is 5. The van der Waals surface area contributed by atoms with E-state index in [9.17, 15) is 4.79 Å². The summed E-state index contributed by atoms with van der Waals surface area (Å²) in [5, 5.41) is 0. The minimum Gasteiger partial charge on any atom is -0.399 e. The fourth-order valence-electron chi connectivity index (χ4n) is 6.38. The van der Waals surface area contributed by atoms with Crippen LogP contribution < -0.4 is 10.4 Å². The number of anilines is 1. The van der Waals surface area contributed by atoms with Crippen LogP contribution in [0.5, 0.6) is 0 Å². The lowest BCUT2D eigenvalue weighted by Gasteiger charge is -2.48. The molecule has 0 atom stereocenters. The lowest BCUT2D eigenvalue weighted by atomic mass is 9.74. The monoisotopic (exact) mass is 452 g/mol. The molecule has 0 radical (unpaired) electrons. The van der Waals surface area contributed by atoms with E-state index in [4.69, 9.17) is 9.31 Å². The number of carbonyl (C=O) groups is 1. The van der Waals surface area contributed by atoms with Gasteiger partial charge < -0.3 is 19.1 Å². The van der Waals surface area contributed by atoms with E-state index >= 15 is 0 Å². The average Bonchev–Trinajstić information content (AvgIpc) is 3.13. The first kappa shape index (κ1) is 23.4. The van der Waals surface area contributed by atoms with Gasteiger partial charge in [-0.1, -0.05) is 32.4 Å². The molecule has 1 aromatic rings. The van der Waals surface area contributed by atoms with Gasteiger partial charge in [0.15, 0.2) is 0 Å². The molecular formula is C27H41BN2O3. The number of nitrogens with zero attached hydrogens (tertiary/aromatic N) is 2. The first-order chi connectivity index (χ1) is 15.6. The molecule has 4 aliphatic rings. The second kappa shape index (κ2) is 8.10. The van der Waals surface area contributed by atoms with E-state index in [2.05, 4.69) is 69.5 Å². The van der Waals surface area contributed by atoms with Crippen LogP contribution in [0.1, 0.15) is 92.1 Å². The summed E-state index contributed by atoms with van der Waals surface area (Å²) in [5.41, 5.74) is 2.15. The summed E-state index contributed by atoms with van der Waals surface area (Å²) >= 11 is 0. The highest BCUT2D eigenvalue weighted by molar-refractivity contribution is 6.62. The molecule has 0 spiro atoms. The van der Waals surface area contributed by atoms with E-state index in [1.165, 1.54) is 37.9 Å². The van der Waals surface area contributed by atoms with Gasteiger partial charge in [0.05, 0.1) is 16.6 Å². The number of benzene rings is 1. The Morgan fingerprint density at radius 3 is 2.12 bits per heavy atom. The Kier molecular flexibility index (Phi) is 5.74. The third kappa shape index (κ3) is 3.51. The van der Waals surface area contributed by atoms with Crippen molar-refractivity contribution in [2.45, 2.75) is 115 Å². The Labute approximate surface area is 200 Å². The first-order valence-electron chi connectivity index (χ1n) is 13.2. The minimum absolute atomic E-state index is 0.302. The van der Waals surface area contributed by atoms with Gasteiger partial charge in [0.2, 0.25) is 5.91 Å². The maximum Gasteiger partial charge on any atom is 0.494 e. The summed E-state index contributed by atoms with van der Waals surface area (Å²) < 4.78 is 12.7. The van der Waals surface area contributed by atoms with Gasteiger partial charge in [-0.15, -0.1) is 0 Å². The molecule has 2 saturated heterocycles. The maximum absolute atomic E-state index is 14.0. The SMILES string of the molecule is CCC1(CC)C(=O)N(C2CC(N3CCCCC3)C2)c2cc(B3OC(C)(C)C(C)(C)O3)ccc21. The van der Waals surface area contributed by atoms with Crippen LogP contribution >= 0.6 is 0 Å². The summed E-state index contributed by atoms with van der Waals surface area (Å²) in [7, 11) is -0.405. The quantitative estimate of drug-likeness (QED) is 0.621. The fourth-order valence-corrected chi connectivity index (χ4v) is 6.38. The average molecular weight is 452 g/mol. The second-order valence-electron chi connectivity index (χ2n) is 11.7. The van der Waals surface area contributed by atoms with Crippen molar-refractivity contribution in [2.24, 2.45) is 0 Å². The third-order valence-corrected chi connectivity index (χ3v) is 9.52. The molecule has 0 unspecified atom stereocenters. The molecule has 5 rings (SSSR count). The molecule has 1 aromatic carbocycles. The summed E-state index contributed by atoms with van der Waals surface area (Å²) in [5.74, 6) is 0.302. The van der Waals surface area contributed by atoms with Crippen LogP contribution in [-0.4, -0.2) is 54.3 Å². The van der Waals surface area contributed by atoms with Crippen LogP contribution in [0.4, 0.5) is 5.69 Å². The number of hydrogen-bond donors (Lipinski definition) is 0. The Bertz CT molecular complexity index is 898. The van der Waals surface area contributed by atoms with Gasteiger partial charge in [-0.05, 0) is 96.4 Å². The predicted octanol–water partition coefficient (Wildman–Crippen LogP) is 4.41. The third-order valence-electron chi connectivity index (χ3n) is 9.52. The number of piperidine rings is 1. The van der Waals surface area contributed by atoms with E-state index in [0.717, 1.165) is 36.8 Å². The maximum atomic E-state index is 14.0. The van der Waals surface area contributed by atoms with Gasteiger partial charge in [0, 0.05) is 17.8 Å². The molecule has 0 aromatic heterocycles. The lowest BCUT2D eigenvalue weighted by molar-refractivity contribution is -0.124. The van der Waals surface area contributed by atoms with Crippen molar-refractivity contribution in [2.75, 3.05) is 18.0 Å². The van der Waals surface area contributed by atoms with Crippen LogP contribution in [0.25, 0.3) is 0 Å². The van der Waals surface area contributed by atoms with E-state index in [1.54, 1.807) is 0 Å². The highest BCUT2D eigenvalue weighted by atomic mass is 16.7. The Hall–Kier alpha value is -1.37. The number of amides is 1. The zero-order valence-corrected chi connectivity index (χ0v) is 21.4. The Morgan fingerprint density at radius 2 is 1.55 bits per heavy atom. The highest BCUT2D eigenvalue weighted by Gasteiger charge is 2.55. The van der Waals surface area contributed by atoms with E-state index in [-0.39, 0.29) is 11.2 Å².